The molecule has 2 aromatic heterocycles. The van der Waals surface area contributed by atoms with Crippen LogP contribution in [0.4, 0.5) is 0 Å². The first kappa shape index (κ1) is 21.4. The highest BCUT2D eigenvalue weighted by Gasteiger charge is 2.28. The van der Waals surface area contributed by atoms with Gasteiger partial charge in [-0.3, -0.25) is 4.79 Å². The number of pyridine rings is 1. The van der Waals surface area contributed by atoms with Gasteiger partial charge in [0.05, 0.1) is 11.7 Å². The maximum atomic E-state index is 12.7. The summed E-state index contributed by atoms with van der Waals surface area (Å²) in [7, 11) is 0. The third-order valence-electron chi connectivity index (χ3n) is 7.77. The van der Waals surface area contributed by atoms with Gasteiger partial charge in [0.1, 0.15) is 5.82 Å². The van der Waals surface area contributed by atoms with E-state index >= 15 is 0 Å². The molecule has 168 valence electrons. The van der Waals surface area contributed by atoms with Gasteiger partial charge in [0, 0.05) is 24.1 Å². The molecule has 4 heteroatoms. The summed E-state index contributed by atoms with van der Waals surface area (Å²) in [5.74, 6) is 3.87. The zero-order valence-electron chi connectivity index (χ0n) is 19.2. The number of nitrogens with zero attached hydrogens (tertiary/aromatic N) is 2. The van der Waals surface area contributed by atoms with Crippen molar-refractivity contribution in [3.05, 3.63) is 71.8 Å². The first-order valence-electron chi connectivity index (χ1n) is 12.4. The number of Topliss-reactive ketones (excluding diaryl/α,β-unsaturated/α-hetero) is 1. The molecular weight excluding hydrogens is 394 g/mol. The van der Waals surface area contributed by atoms with E-state index in [0.29, 0.717) is 30.0 Å². The van der Waals surface area contributed by atoms with Gasteiger partial charge in [-0.05, 0) is 87.1 Å². The number of benzene rings is 1. The number of carbonyl (C=O) groups excluding carboxylic acids is 1. The van der Waals surface area contributed by atoms with E-state index in [4.69, 9.17) is 4.98 Å². The molecule has 32 heavy (non-hydrogen) atoms. The lowest BCUT2D eigenvalue weighted by molar-refractivity contribution is 0.0952. The van der Waals surface area contributed by atoms with Gasteiger partial charge in [0.2, 0.25) is 0 Å². The van der Waals surface area contributed by atoms with Crippen LogP contribution in [-0.4, -0.2) is 28.3 Å². The van der Waals surface area contributed by atoms with E-state index in [2.05, 4.69) is 65.3 Å². The monoisotopic (exact) mass is 429 g/mol. The summed E-state index contributed by atoms with van der Waals surface area (Å²) in [5.41, 5.74) is 3.47. The van der Waals surface area contributed by atoms with Gasteiger partial charge in [0.15, 0.2) is 5.78 Å². The Morgan fingerprint density at radius 3 is 2.69 bits per heavy atom. The van der Waals surface area contributed by atoms with Crippen molar-refractivity contribution in [3.8, 4) is 0 Å². The van der Waals surface area contributed by atoms with Crippen LogP contribution in [0.1, 0.15) is 85.5 Å². The van der Waals surface area contributed by atoms with Gasteiger partial charge >= 0.3 is 0 Å². The van der Waals surface area contributed by atoms with Crippen LogP contribution in [0.15, 0.2) is 54.9 Å². The first-order valence-corrected chi connectivity index (χ1v) is 12.4. The summed E-state index contributed by atoms with van der Waals surface area (Å²) in [4.78, 5) is 17.4. The maximum absolute atomic E-state index is 12.7. The predicted molar refractivity (Wildman–Crippen MR) is 129 cm³/mol. The van der Waals surface area contributed by atoms with Crippen LogP contribution < -0.4 is 5.32 Å². The number of carbonyl (C=O) groups is 1. The Morgan fingerprint density at radius 2 is 1.88 bits per heavy atom. The van der Waals surface area contributed by atoms with E-state index in [1.165, 1.54) is 42.6 Å². The van der Waals surface area contributed by atoms with Crippen molar-refractivity contribution < 1.29 is 4.79 Å². The van der Waals surface area contributed by atoms with Crippen molar-refractivity contribution in [1.29, 1.82) is 0 Å². The van der Waals surface area contributed by atoms with E-state index < -0.39 is 0 Å². The molecule has 3 aromatic rings. The second-order valence-electron chi connectivity index (χ2n) is 10.1. The fourth-order valence-electron chi connectivity index (χ4n) is 5.93. The summed E-state index contributed by atoms with van der Waals surface area (Å²) >= 11 is 0. The summed E-state index contributed by atoms with van der Waals surface area (Å²) in [6.07, 6.45) is 12.0. The third-order valence-corrected chi connectivity index (χ3v) is 7.77. The average molecular weight is 430 g/mol. The Labute approximate surface area is 191 Å². The minimum absolute atomic E-state index is 0.313. The molecule has 0 radical (unpaired) electrons. The molecule has 3 atom stereocenters. The predicted octanol–water partition coefficient (Wildman–Crippen LogP) is 5.98. The van der Waals surface area contributed by atoms with Crippen LogP contribution >= 0.6 is 0 Å². The molecule has 0 bridgehead atoms. The lowest BCUT2D eigenvalue weighted by Crippen LogP contribution is -2.28. The van der Waals surface area contributed by atoms with Crippen molar-refractivity contribution in [1.82, 2.24) is 14.7 Å². The van der Waals surface area contributed by atoms with Crippen LogP contribution in [0.2, 0.25) is 0 Å². The van der Waals surface area contributed by atoms with Crippen LogP contribution in [0.5, 0.6) is 0 Å². The number of piperidine rings is 1. The van der Waals surface area contributed by atoms with Crippen molar-refractivity contribution in [3.63, 3.8) is 0 Å². The molecule has 2 fully saturated rings. The van der Waals surface area contributed by atoms with Gasteiger partial charge in [-0.1, -0.05) is 37.3 Å². The van der Waals surface area contributed by atoms with Gasteiger partial charge in [-0.15, -0.1) is 0 Å². The lowest BCUT2D eigenvalue weighted by Gasteiger charge is -2.21. The second kappa shape index (κ2) is 9.58. The topological polar surface area (TPSA) is 46.4 Å². The number of nitrogens with one attached hydrogen (secondary N) is 1. The Morgan fingerprint density at radius 1 is 1.06 bits per heavy atom. The van der Waals surface area contributed by atoms with Gasteiger partial charge in [-0.2, -0.15) is 0 Å². The highest BCUT2D eigenvalue weighted by atomic mass is 16.1. The summed E-state index contributed by atoms with van der Waals surface area (Å²) in [6.45, 7) is 4.42. The van der Waals surface area contributed by atoms with Crippen LogP contribution in [-0.2, 0) is 0 Å². The van der Waals surface area contributed by atoms with Crippen LogP contribution in [0.25, 0.3) is 5.52 Å². The third kappa shape index (κ3) is 4.66. The van der Waals surface area contributed by atoms with E-state index in [-0.39, 0.29) is 0 Å². The van der Waals surface area contributed by atoms with Crippen LogP contribution in [0, 0.1) is 11.8 Å². The maximum Gasteiger partial charge on any atom is 0.163 e. The molecule has 1 aliphatic heterocycles. The van der Waals surface area contributed by atoms with Gasteiger partial charge in [-0.25, -0.2) is 4.98 Å². The molecular formula is C28H35N3O. The molecule has 1 aromatic carbocycles. The smallest absolute Gasteiger partial charge is 0.163 e. The Hall–Kier alpha value is -2.46. The largest absolute Gasteiger partial charge is 0.317 e. The Kier molecular flexibility index (Phi) is 6.40. The Balaban J connectivity index is 1.17. The number of aromatic nitrogens is 2. The minimum Gasteiger partial charge on any atom is -0.317 e. The van der Waals surface area contributed by atoms with Crippen molar-refractivity contribution in [2.24, 2.45) is 11.8 Å². The zero-order valence-corrected chi connectivity index (χ0v) is 19.2. The second-order valence-corrected chi connectivity index (χ2v) is 10.1. The summed E-state index contributed by atoms with van der Waals surface area (Å²) in [5, 5.41) is 3.38. The van der Waals surface area contributed by atoms with Crippen molar-refractivity contribution >= 4 is 11.3 Å². The molecule has 0 amide bonds. The molecule has 2 aliphatic rings. The number of ketones is 1. The van der Waals surface area contributed by atoms with E-state index in [9.17, 15) is 4.79 Å². The number of hydrogen-bond acceptors (Lipinski definition) is 3. The molecule has 1 saturated heterocycles. The Bertz CT molecular complexity index is 1050. The fraction of sp³-hybridized carbons (Fsp3) is 0.500. The quantitative estimate of drug-likeness (QED) is 0.470. The van der Waals surface area contributed by atoms with Gasteiger partial charge in [0.25, 0.3) is 0 Å². The summed E-state index contributed by atoms with van der Waals surface area (Å²) < 4.78 is 2.23. The lowest BCUT2D eigenvalue weighted by atomic mass is 9.89. The molecule has 1 aliphatic carbocycles. The highest BCUT2D eigenvalue weighted by Crippen LogP contribution is 2.42. The van der Waals surface area contributed by atoms with E-state index in [1.807, 2.05) is 6.20 Å². The standard InChI is InChI=1S/C28H35N3O/c1-20(28-30-19-26-4-2-3-15-31(26)28)16-22-5-6-25(17-22)23-7-9-24(10-8-23)27(32)18-21-11-13-29-14-12-21/h2-4,7-10,15,19-22,25,29H,5-6,11-14,16-18H2,1H3/t20-,22?,25-/m0/s1. The average Bonchev–Trinajstić information content (AvgIpc) is 3.47. The van der Waals surface area contributed by atoms with E-state index in [1.54, 1.807) is 0 Å². The first-order chi connectivity index (χ1) is 15.7. The minimum atomic E-state index is 0.313. The molecule has 1 unspecified atom stereocenters. The molecule has 1 saturated carbocycles. The number of hydrogen-bond donors (Lipinski definition) is 1. The van der Waals surface area contributed by atoms with Crippen molar-refractivity contribution in [2.75, 3.05) is 13.1 Å². The zero-order chi connectivity index (χ0) is 21.9. The normalized spacial score (nSPS) is 22.9. The summed E-state index contributed by atoms with van der Waals surface area (Å²) in [6, 6.07) is 14.9. The molecule has 0 spiro atoms. The molecule has 1 N–H and O–H groups in total. The molecule has 4 nitrogen and oxygen atoms in total. The number of imidazole rings is 1. The SMILES string of the molecule is C[C@@H](CC1CC[C@H](c2ccc(C(=O)CC3CCNCC3)cc2)C1)c1ncc2ccccn12. The van der Waals surface area contributed by atoms with Gasteiger partial charge < -0.3 is 9.72 Å². The number of rotatable bonds is 7. The van der Waals surface area contributed by atoms with E-state index in [0.717, 1.165) is 37.4 Å². The number of fused-ring (bicyclic) bond motifs is 1. The van der Waals surface area contributed by atoms with Crippen LogP contribution in [0.3, 0.4) is 0 Å². The fourth-order valence-corrected chi connectivity index (χ4v) is 5.93. The van der Waals surface area contributed by atoms with Crippen molar-refractivity contribution in [2.45, 2.75) is 63.7 Å². The molecule has 3 heterocycles. The molecule has 5 rings (SSSR count). The highest BCUT2D eigenvalue weighted by molar-refractivity contribution is 5.96.